The molecule has 11 heteroatoms. The molecule has 0 fully saturated rings. The number of rotatable bonds is 0. The number of esters is 1. The molecule has 0 aromatic rings. The summed E-state index contributed by atoms with van der Waals surface area (Å²) in [5.74, 6) is -0.245. The van der Waals surface area contributed by atoms with Gasteiger partial charge in [-0.15, -0.1) is 0 Å². The van der Waals surface area contributed by atoms with Crippen LogP contribution in [0, 0.1) is 0 Å². The van der Waals surface area contributed by atoms with E-state index in [0.717, 1.165) is 14.2 Å². The van der Waals surface area contributed by atoms with E-state index in [2.05, 4.69) is 53.1 Å². The molecule has 6 radical (unpaired) electrons. The molecular weight excluding hydrogens is 331 g/mol. The minimum atomic E-state index is -0.361. The lowest BCUT2D eigenvalue weighted by atomic mass is 10.8. The molecule has 0 aliphatic rings. The Balaban J connectivity index is -0.0000000171. The summed E-state index contributed by atoms with van der Waals surface area (Å²) >= 11 is 9.27. The van der Waals surface area contributed by atoms with Crippen LogP contribution in [0.5, 0.6) is 0 Å². The summed E-state index contributed by atoms with van der Waals surface area (Å²) in [5.41, 5.74) is 0. The zero-order valence-electron chi connectivity index (χ0n) is 17.5. The van der Waals surface area contributed by atoms with Gasteiger partial charge in [0.05, 0.1) is 7.11 Å². The predicted molar refractivity (Wildman–Crippen MR) is 99.8 cm³/mol. The first-order chi connectivity index (χ1) is 11.7. The number of halogens is 2. The van der Waals surface area contributed by atoms with Gasteiger partial charge in [-0.2, -0.15) is 0 Å². The fourth-order valence-corrected chi connectivity index (χ4v) is 0. The molecule has 0 aromatic heterocycles. The van der Waals surface area contributed by atoms with Crippen LogP contribution in [0.1, 0.15) is 34.6 Å². The van der Waals surface area contributed by atoms with Crippen molar-refractivity contribution >= 4 is 64.8 Å². The van der Waals surface area contributed by atoms with Crippen molar-refractivity contribution in [3.63, 3.8) is 0 Å². The van der Waals surface area contributed by atoms with Crippen LogP contribution in [0.25, 0.3) is 0 Å². The zero-order valence-corrected chi connectivity index (χ0v) is 16.0. The van der Waals surface area contributed by atoms with Crippen molar-refractivity contribution in [2.45, 2.75) is 34.6 Å². The molecule has 0 atom stereocenters. The molecule has 6 nitrogen and oxygen atoms in total. The summed E-state index contributed by atoms with van der Waals surface area (Å²) in [6.07, 6.45) is 0. The monoisotopic (exact) mass is 363 g/mol. The van der Waals surface area contributed by atoms with Crippen molar-refractivity contribution in [3.05, 3.63) is 0 Å². The molecule has 0 bridgehead atoms. The van der Waals surface area contributed by atoms with Crippen molar-refractivity contribution in [3.8, 4) is 0 Å². The maximum absolute atomic E-state index is 9.59. The number of ether oxygens (including phenoxy) is 1. The summed E-state index contributed by atoms with van der Waals surface area (Å²) in [6.45, 7) is 7.95. The van der Waals surface area contributed by atoms with Gasteiger partial charge in [0.1, 0.15) is 0 Å². The van der Waals surface area contributed by atoms with E-state index in [1.54, 1.807) is 0 Å². The SMILES string of the molecule is CC.CC(=O)Cl.CC(=O)Cl.CO.CO.COC(C)=O.[2H][B].[2H][B].[2H][B]. The first-order valence-corrected chi connectivity index (χ1v) is 5.75. The molecule has 0 spiro atoms. The number of methoxy groups -OCH3 is 1. The van der Waals surface area contributed by atoms with Crippen LogP contribution in [0.2, 0.25) is 0 Å². The van der Waals surface area contributed by atoms with Crippen LogP contribution < -0.4 is 0 Å². The summed E-state index contributed by atoms with van der Waals surface area (Å²) in [7, 11) is 14.6. The summed E-state index contributed by atoms with van der Waals surface area (Å²) in [6, 6.07) is 0. The van der Waals surface area contributed by atoms with Gasteiger partial charge in [-0.1, -0.05) is 13.8 Å². The minimum absolute atomic E-state index is 0.245. The highest BCUT2D eigenvalue weighted by Gasteiger charge is 1.75. The van der Waals surface area contributed by atoms with Gasteiger partial charge in [0, 0.05) is 60.1 Å². The number of hydrogen-bond donors (Lipinski definition) is 2. The minimum Gasteiger partial charge on any atom is -0.469 e. The normalized spacial score (nSPS) is 5.55. The van der Waals surface area contributed by atoms with Crippen LogP contribution in [0.4, 0.5) is 0 Å². The molecule has 2 N–H and O–H groups in total. The lowest BCUT2D eigenvalue weighted by Crippen LogP contribution is -1.88. The standard InChI is InChI=1S/C3H6O2.2C2H3ClO.C2H6.2CH4O.3BH/c1-3(4)5-2;2*1-2(3)4;3*1-2;;;/h1-2H3;2*1H3;1-2H3;2*2H,1H3;3*1H/i;;;;;;3*1D. The first-order valence-electron chi connectivity index (χ1n) is 6.73. The Hall–Kier alpha value is -0.495. The third-order valence-electron chi connectivity index (χ3n) is 0.287. The van der Waals surface area contributed by atoms with Gasteiger partial charge in [-0.05, 0) is 27.2 Å². The van der Waals surface area contributed by atoms with Crippen LogP contribution in [-0.2, 0) is 19.1 Å². The van der Waals surface area contributed by atoms with E-state index in [1.807, 2.05) is 13.8 Å². The van der Waals surface area contributed by atoms with Crippen LogP contribution in [0.3, 0.4) is 0 Å². The number of carbonyl (C=O) groups is 3. The van der Waals surface area contributed by atoms with E-state index in [1.165, 1.54) is 27.9 Å². The summed E-state index contributed by atoms with van der Waals surface area (Å²) in [5, 5.41) is 13.3. The van der Waals surface area contributed by atoms with Crippen molar-refractivity contribution in [2.24, 2.45) is 0 Å². The number of hydrogen-bond acceptors (Lipinski definition) is 6. The molecule has 0 saturated carbocycles. The molecule has 0 aliphatic heterocycles. The highest BCUT2D eigenvalue weighted by atomic mass is 35.5. The van der Waals surface area contributed by atoms with Crippen molar-refractivity contribution < 1.29 is 29.3 Å². The maximum Gasteiger partial charge on any atom is 0.302 e. The molecule has 0 unspecified atom stereocenters. The van der Waals surface area contributed by atoms with Gasteiger partial charge in [0.2, 0.25) is 10.5 Å². The van der Waals surface area contributed by atoms with E-state index in [4.69, 9.17) is 14.2 Å². The largest absolute Gasteiger partial charge is 0.469 e. The van der Waals surface area contributed by atoms with E-state index < -0.39 is 0 Å². The zero-order chi connectivity index (χ0) is 23.4. The average Bonchev–Trinajstić information content (AvgIpc) is 2.64. The number of aliphatic hydroxyl groups excluding tert-OH is 2. The fourth-order valence-electron chi connectivity index (χ4n) is 0. The summed E-state index contributed by atoms with van der Waals surface area (Å²) in [4.78, 5) is 28.0. The molecule has 0 heterocycles. The molecule has 0 aromatic carbocycles. The molecule has 0 aliphatic carbocycles. The predicted octanol–water partition coefficient (Wildman–Crippen LogP) is 0.0204. The van der Waals surface area contributed by atoms with E-state index >= 15 is 0 Å². The lowest BCUT2D eigenvalue weighted by molar-refractivity contribution is -0.138. The second kappa shape index (κ2) is 86.3. The Morgan fingerprint density at radius 2 is 0.864 bits per heavy atom. The van der Waals surface area contributed by atoms with Gasteiger partial charge in [0.25, 0.3) is 0 Å². The van der Waals surface area contributed by atoms with Crippen molar-refractivity contribution in [2.75, 3.05) is 21.3 Å². The smallest absolute Gasteiger partial charge is 0.302 e. The molecule has 0 saturated heterocycles. The second-order valence-corrected chi connectivity index (χ2v) is 2.70. The number of aliphatic hydroxyl groups is 2. The van der Waals surface area contributed by atoms with E-state index in [9.17, 15) is 14.4 Å². The molecule has 0 amide bonds. The molecule has 0 rings (SSSR count). The second-order valence-electron chi connectivity index (χ2n) is 1.64. The van der Waals surface area contributed by atoms with Gasteiger partial charge in [0.15, 0.2) is 0 Å². The van der Waals surface area contributed by atoms with Gasteiger partial charge in [-0.3, -0.25) is 14.4 Å². The third kappa shape index (κ3) is 2950. The Morgan fingerprint density at radius 1 is 0.818 bits per heavy atom. The highest BCUT2D eigenvalue weighted by molar-refractivity contribution is 6.63. The third-order valence-corrected chi connectivity index (χ3v) is 0.287. The Morgan fingerprint density at radius 3 is 0.864 bits per heavy atom. The quantitative estimate of drug-likeness (QED) is 0.357. The van der Waals surface area contributed by atoms with Crippen molar-refractivity contribution in [1.82, 2.24) is 0 Å². The van der Waals surface area contributed by atoms with Gasteiger partial charge < -0.3 is 14.9 Å². The topological polar surface area (TPSA) is 101 Å². The fraction of sp³-hybridized carbons (Fsp3) is 0.727. The van der Waals surface area contributed by atoms with Crippen LogP contribution in [-0.4, -0.2) is 77.1 Å². The van der Waals surface area contributed by atoms with Crippen LogP contribution >= 0.6 is 23.2 Å². The summed E-state index contributed by atoms with van der Waals surface area (Å²) < 4.78 is 19.9. The molecule has 22 heavy (non-hydrogen) atoms. The first kappa shape index (κ1) is 37.6. The lowest BCUT2D eigenvalue weighted by Gasteiger charge is -1.80. The maximum atomic E-state index is 9.59. The Kier molecular flexibility index (Phi) is 148. The average molecular weight is 364 g/mol. The van der Waals surface area contributed by atoms with E-state index in [0.29, 0.717) is 0 Å². The van der Waals surface area contributed by atoms with Gasteiger partial charge >= 0.3 is 5.97 Å². The van der Waals surface area contributed by atoms with Gasteiger partial charge in [-0.25, -0.2) is 0 Å². The highest BCUT2D eigenvalue weighted by Crippen LogP contribution is 1.68. The van der Waals surface area contributed by atoms with Crippen molar-refractivity contribution in [1.29, 1.82) is 4.01 Å². The molecule has 132 valence electrons. The van der Waals surface area contributed by atoms with E-state index in [-0.39, 0.29) is 16.5 Å². The Bertz CT molecular complexity index is 180. The molecular formula is C11H29B3Cl2O6. The number of carbonyl (C=O) groups excluding carboxylic acids is 3. The Labute approximate surface area is 154 Å². The van der Waals surface area contributed by atoms with Crippen LogP contribution in [0.15, 0.2) is 0 Å².